The highest BCUT2D eigenvalue weighted by atomic mass is 35.5. The van der Waals surface area contributed by atoms with Crippen molar-refractivity contribution in [1.29, 1.82) is 5.26 Å². The Hall–Kier alpha value is -2.65. The molecule has 0 saturated heterocycles. The van der Waals surface area contributed by atoms with Crippen LogP contribution in [0.3, 0.4) is 0 Å². The molecule has 4 rings (SSSR count). The number of nitriles is 1. The summed E-state index contributed by atoms with van der Waals surface area (Å²) in [6, 6.07) is 16.5. The molecule has 0 aromatic heterocycles. The molecule has 2 aromatic carbocycles. The average molecular weight is 493 g/mol. The Kier molecular flexibility index (Phi) is 9.36. The normalized spacial score (nSPS) is 18.8. The lowest BCUT2D eigenvalue weighted by molar-refractivity contribution is 0.477. The Labute approximate surface area is 213 Å². The molecule has 2 aliphatic carbocycles. The number of halogens is 2. The Balaban J connectivity index is 1.35. The number of rotatable bonds is 11. The van der Waals surface area contributed by atoms with Crippen molar-refractivity contribution in [3.8, 4) is 6.07 Å². The number of nitrogens with zero attached hydrogens (tertiary/aromatic N) is 1. The molecule has 2 aliphatic rings. The monoisotopic (exact) mass is 492 g/mol. The maximum absolute atomic E-state index is 13.4. The zero-order chi connectivity index (χ0) is 24.5. The molecule has 184 valence electrons. The Morgan fingerprint density at radius 3 is 2.66 bits per heavy atom. The molecule has 2 atom stereocenters. The van der Waals surface area contributed by atoms with Crippen molar-refractivity contribution in [2.45, 2.75) is 50.5 Å². The van der Waals surface area contributed by atoms with Gasteiger partial charge < -0.3 is 10.6 Å². The number of hydrogen-bond acceptors (Lipinski definition) is 4. The van der Waals surface area contributed by atoms with Crippen molar-refractivity contribution < 1.29 is 4.39 Å². The van der Waals surface area contributed by atoms with Crippen LogP contribution in [0, 0.1) is 23.1 Å². The summed E-state index contributed by atoms with van der Waals surface area (Å²) >= 11 is 5.89. The van der Waals surface area contributed by atoms with E-state index in [0.717, 1.165) is 31.6 Å². The summed E-state index contributed by atoms with van der Waals surface area (Å²) in [6.07, 6.45) is 13.1. The van der Waals surface area contributed by atoms with E-state index in [9.17, 15) is 9.65 Å². The smallest absolute Gasteiger partial charge is 0.141 e. The van der Waals surface area contributed by atoms with Crippen LogP contribution >= 0.6 is 11.6 Å². The second-order valence-corrected chi connectivity index (χ2v) is 9.90. The number of anilines is 1. The van der Waals surface area contributed by atoms with Crippen LogP contribution in [0.2, 0.25) is 5.02 Å². The fraction of sp³-hybridized carbons (Fsp3) is 0.414. The maximum Gasteiger partial charge on any atom is 0.141 e. The molecule has 0 spiro atoms. The second-order valence-electron chi connectivity index (χ2n) is 9.50. The molecule has 35 heavy (non-hydrogen) atoms. The van der Waals surface area contributed by atoms with Gasteiger partial charge in [0, 0.05) is 18.3 Å². The molecule has 1 fully saturated rings. The van der Waals surface area contributed by atoms with E-state index in [1.807, 2.05) is 12.2 Å². The summed E-state index contributed by atoms with van der Waals surface area (Å²) in [4.78, 5) is 0. The molecule has 0 radical (unpaired) electrons. The predicted molar refractivity (Wildman–Crippen MR) is 143 cm³/mol. The summed E-state index contributed by atoms with van der Waals surface area (Å²) in [5, 5.41) is 19.9. The van der Waals surface area contributed by atoms with Gasteiger partial charge in [0.25, 0.3) is 0 Å². The number of nitrogens with one attached hydrogen (secondary N) is 3. The van der Waals surface area contributed by atoms with E-state index in [-0.39, 0.29) is 10.9 Å². The van der Waals surface area contributed by atoms with Crippen molar-refractivity contribution >= 4 is 22.9 Å². The fourth-order valence-electron chi connectivity index (χ4n) is 4.95. The van der Waals surface area contributed by atoms with E-state index in [1.54, 1.807) is 12.1 Å². The van der Waals surface area contributed by atoms with Gasteiger partial charge in [-0.1, -0.05) is 66.9 Å². The quantitative estimate of drug-likeness (QED) is 0.243. The third-order valence-corrected chi connectivity index (χ3v) is 7.30. The molecule has 6 heteroatoms. The van der Waals surface area contributed by atoms with E-state index in [1.165, 1.54) is 48.4 Å². The summed E-state index contributed by atoms with van der Waals surface area (Å²) in [6.45, 7) is 2.40. The summed E-state index contributed by atoms with van der Waals surface area (Å²) < 4.78 is 13.4. The van der Waals surface area contributed by atoms with Gasteiger partial charge in [0.05, 0.1) is 23.7 Å². The molecule has 0 bridgehead atoms. The maximum atomic E-state index is 13.4. The second kappa shape index (κ2) is 12.9. The molecule has 0 aliphatic heterocycles. The third kappa shape index (κ3) is 7.41. The van der Waals surface area contributed by atoms with Crippen LogP contribution in [-0.4, -0.2) is 25.8 Å². The molecule has 0 amide bonds. The van der Waals surface area contributed by atoms with Crippen molar-refractivity contribution in [2.24, 2.45) is 5.92 Å². The summed E-state index contributed by atoms with van der Waals surface area (Å²) in [5.41, 5.74) is 4.50. The SMILES string of the molecule is N#CC1C=CC=C(c2ccc(C(CCNC3CCCC3)CNCNc3ccc(F)c(Cl)c3)cc2)C1. The lowest BCUT2D eigenvalue weighted by Gasteiger charge is -2.21. The minimum Gasteiger partial charge on any atom is -0.372 e. The van der Waals surface area contributed by atoms with Crippen molar-refractivity contribution in [3.05, 3.63) is 82.7 Å². The molecule has 0 heterocycles. The number of hydrogen-bond donors (Lipinski definition) is 3. The first kappa shape index (κ1) is 25.4. The summed E-state index contributed by atoms with van der Waals surface area (Å²) in [5.74, 6) is -0.0907. The first-order valence-corrected chi connectivity index (χ1v) is 13.0. The topological polar surface area (TPSA) is 59.9 Å². The minimum atomic E-state index is -0.411. The van der Waals surface area contributed by atoms with Crippen LogP contribution < -0.4 is 16.0 Å². The molecule has 1 saturated carbocycles. The lowest BCUT2D eigenvalue weighted by Crippen LogP contribution is -2.31. The van der Waals surface area contributed by atoms with Gasteiger partial charge in [-0.3, -0.25) is 5.32 Å². The van der Waals surface area contributed by atoms with Crippen LogP contribution in [-0.2, 0) is 0 Å². The molecule has 3 N–H and O–H groups in total. The van der Waals surface area contributed by atoms with E-state index < -0.39 is 5.82 Å². The Morgan fingerprint density at radius 2 is 1.91 bits per heavy atom. The van der Waals surface area contributed by atoms with Gasteiger partial charge in [-0.25, -0.2) is 4.39 Å². The molecule has 2 unspecified atom stereocenters. The Bertz CT molecular complexity index is 1070. The van der Waals surface area contributed by atoms with Crippen LogP contribution in [0.4, 0.5) is 10.1 Å². The highest BCUT2D eigenvalue weighted by molar-refractivity contribution is 6.31. The average Bonchev–Trinajstić information content (AvgIpc) is 3.41. The van der Waals surface area contributed by atoms with Gasteiger partial charge in [0.15, 0.2) is 0 Å². The van der Waals surface area contributed by atoms with Crippen molar-refractivity contribution in [2.75, 3.05) is 25.1 Å². The van der Waals surface area contributed by atoms with Crippen molar-refractivity contribution in [3.63, 3.8) is 0 Å². The van der Waals surface area contributed by atoms with Crippen LogP contribution in [0.25, 0.3) is 5.57 Å². The lowest BCUT2D eigenvalue weighted by atomic mass is 9.88. The standard InChI is InChI=1S/C29H34ClFN4/c30-28-17-27(12-13-29(28)31)35-20-33-19-25(14-15-34-26-6-1-2-7-26)23-10-8-22(9-11-23)24-5-3-4-21(16-24)18-32/h3-5,8-13,17,21,25-26,33-35H,1-2,6-7,14-16,19-20H2. The van der Waals surface area contributed by atoms with Crippen LogP contribution in [0.15, 0.2) is 60.7 Å². The van der Waals surface area contributed by atoms with Gasteiger partial charge in [-0.15, -0.1) is 0 Å². The van der Waals surface area contributed by atoms with Gasteiger partial charge >= 0.3 is 0 Å². The molecule has 2 aromatic rings. The number of benzene rings is 2. The van der Waals surface area contributed by atoms with E-state index in [4.69, 9.17) is 11.6 Å². The van der Waals surface area contributed by atoms with Gasteiger partial charge in [0.1, 0.15) is 5.82 Å². The van der Waals surface area contributed by atoms with Gasteiger partial charge in [-0.05, 0) is 73.0 Å². The van der Waals surface area contributed by atoms with Gasteiger partial charge in [-0.2, -0.15) is 5.26 Å². The van der Waals surface area contributed by atoms with Crippen LogP contribution in [0.5, 0.6) is 0 Å². The van der Waals surface area contributed by atoms with Crippen LogP contribution in [0.1, 0.15) is 55.6 Å². The first-order valence-electron chi connectivity index (χ1n) is 12.6. The molecular weight excluding hydrogens is 459 g/mol. The van der Waals surface area contributed by atoms with Crippen molar-refractivity contribution in [1.82, 2.24) is 10.6 Å². The highest BCUT2D eigenvalue weighted by Crippen LogP contribution is 2.29. The zero-order valence-corrected chi connectivity index (χ0v) is 20.8. The predicted octanol–water partition coefficient (Wildman–Crippen LogP) is 6.63. The minimum absolute atomic E-state index is 0.0447. The highest BCUT2D eigenvalue weighted by Gasteiger charge is 2.17. The third-order valence-electron chi connectivity index (χ3n) is 7.01. The first-order chi connectivity index (χ1) is 17.1. The fourth-order valence-corrected chi connectivity index (χ4v) is 5.13. The van der Waals surface area contributed by atoms with E-state index in [0.29, 0.717) is 18.6 Å². The van der Waals surface area contributed by atoms with E-state index in [2.05, 4.69) is 52.4 Å². The van der Waals surface area contributed by atoms with E-state index >= 15 is 0 Å². The molecule has 4 nitrogen and oxygen atoms in total. The zero-order valence-electron chi connectivity index (χ0n) is 20.1. The van der Waals surface area contributed by atoms with Gasteiger partial charge in [0.2, 0.25) is 0 Å². The summed E-state index contributed by atoms with van der Waals surface area (Å²) in [7, 11) is 0. The number of allylic oxidation sites excluding steroid dienone is 4. The Morgan fingerprint density at radius 1 is 1.11 bits per heavy atom. The molecular formula is C29H34ClFN4. The largest absolute Gasteiger partial charge is 0.372 e.